The second kappa shape index (κ2) is 5.31. The van der Waals surface area contributed by atoms with E-state index in [1.165, 1.54) is 0 Å². The van der Waals surface area contributed by atoms with Crippen molar-refractivity contribution >= 4 is 17.3 Å². The van der Waals surface area contributed by atoms with Gasteiger partial charge in [-0.25, -0.2) is 0 Å². The van der Waals surface area contributed by atoms with Crippen LogP contribution in [-0.4, -0.2) is 29.9 Å². The number of hydrogen-bond acceptors (Lipinski definition) is 3. The average Bonchev–Trinajstić information content (AvgIpc) is 2.39. The van der Waals surface area contributed by atoms with E-state index >= 15 is 0 Å². The van der Waals surface area contributed by atoms with Gasteiger partial charge in [0.1, 0.15) is 0 Å². The SMILES string of the molecule is CN(C)C(=O)c1ccccc1Nc1ccncc1. The highest BCUT2D eigenvalue weighted by Crippen LogP contribution is 2.21. The van der Waals surface area contributed by atoms with Crippen LogP contribution in [0.5, 0.6) is 0 Å². The van der Waals surface area contributed by atoms with Crippen molar-refractivity contribution < 1.29 is 4.79 Å². The molecule has 1 aromatic heterocycles. The molecule has 0 saturated carbocycles. The monoisotopic (exact) mass is 241 g/mol. The Kier molecular flexibility index (Phi) is 3.57. The standard InChI is InChI=1S/C14H15N3O/c1-17(2)14(18)12-5-3-4-6-13(12)16-11-7-9-15-10-8-11/h3-10H,1-2H3,(H,15,16). The van der Waals surface area contributed by atoms with E-state index in [9.17, 15) is 4.79 Å². The van der Waals surface area contributed by atoms with Gasteiger partial charge in [0.2, 0.25) is 0 Å². The molecular formula is C14H15N3O. The number of para-hydroxylation sites is 1. The van der Waals surface area contributed by atoms with Crippen LogP contribution in [-0.2, 0) is 0 Å². The molecule has 2 rings (SSSR count). The maximum Gasteiger partial charge on any atom is 0.255 e. The van der Waals surface area contributed by atoms with Gasteiger partial charge in [0.15, 0.2) is 0 Å². The highest BCUT2D eigenvalue weighted by molar-refractivity contribution is 6.00. The summed E-state index contributed by atoms with van der Waals surface area (Å²) in [6, 6.07) is 11.2. The van der Waals surface area contributed by atoms with Crippen LogP contribution in [0.1, 0.15) is 10.4 Å². The summed E-state index contributed by atoms with van der Waals surface area (Å²) in [5.74, 6) is -0.0212. The van der Waals surface area contributed by atoms with Gasteiger partial charge in [-0.2, -0.15) is 0 Å². The van der Waals surface area contributed by atoms with Gasteiger partial charge in [0, 0.05) is 32.2 Å². The average molecular weight is 241 g/mol. The van der Waals surface area contributed by atoms with E-state index in [0.29, 0.717) is 5.56 Å². The Hall–Kier alpha value is -2.36. The Labute approximate surface area is 106 Å². The molecule has 1 aromatic carbocycles. The molecule has 92 valence electrons. The predicted molar refractivity (Wildman–Crippen MR) is 72.0 cm³/mol. The number of hydrogen-bond donors (Lipinski definition) is 1. The van der Waals surface area contributed by atoms with Crippen molar-refractivity contribution in [3.05, 3.63) is 54.4 Å². The molecule has 1 heterocycles. The van der Waals surface area contributed by atoms with Gasteiger partial charge in [0.25, 0.3) is 5.91 Å². The molecule has 4 heteroatoms. The minimum atomic E-state index is -0.0212. The molecule has 0 saturated heterocycles. The minimum absolute atomic E-state index is 0.0212. The maximum atomic E-state index is 12.0. The summed E-state index contributed by atoms with van der Waals surface area (Å²) in [5, 5.41) is 3.22. The summed E-state index contributed by atoms with van der Waals surface area (Å²) < 4.78 is 0. The fourth-order valence-electron chi connectivity index (χ4n) is 1.61. The molecule has 0 unspecified atom stereocenters. The van der Waals surface area contributed by atoms with E-state index in [4.69, 9.17) is 0 Å². The van der Waals surface area contributed by atoms with Gasteiger partial charge in [-0.3, -0.25) is 9.78 Å². The summed E-state index contributed by atoms with van der Waals surface area (Å²) in [4.78, 5) is 17.5. The van der Waals surface area contributed by atoms with Crippen LogP contribution >= 0.6 is 0 Å². The number of carbonyl (C=O) groups excluding carboxylic acids is 1. The van der Waals surface area contributed by atoms with Crippen LogP contribution in [0, 0.1) is 0 Å². The van der Waals surface area contributed by atoms with E-state index in [1.54, 1.807) is 31.4 Å². The molecular weight excluding hydrogens is 226 g/mol. The number of carbonyl (C=O) groups is 1. The first-order chi connectivity index (χ1) is 8.68. The molecule has 2 aromatic rings. The summed E-state index contributed by atoms with van der Waals surface area (Å²) >= 11 is 0. The van der Waals surface area contributed by atoms with Crippen LogP contribution in [0.15, 0.2) is 48.8 Å². The number of aromatic nitrogens is 1. The van der Waals surface area contributed by atoms with Gasteiger partial charge < -0.3 is 10.2 Å². The fourth-order valence-corrected chi connectivity index (χ4v) is 1.61. The molecule has 0 spiro atoms. The largest absolute Gasteiger partial charge is 0.355 e. The van der Waals surface area contributed by atoms with Crippen molar-refractivity contribution in [2.24, 2.45) is 0 Å². The van der Waals surface area contributed by atoms with Gasteiger partial charge in [-0.05, 0) is 24.3 Å². The van der Waals surface area contributed by atoms with Crippen LogP contribution in [0.25, 0.3) is 0 Å². The topological polar surface area (TPSA) is 45.2 Å². The molecule has 18 heavy (non-hydrogen) atoms. The first-order valence-corrected chi connectivity index (χ1v) is 5.66. The number of amides is 1. The third kappa shape index (κ3) is 2.66. The molecule has 0 aliphatic heterocycles. The smallest absolute Gasteiger partial charge is 0.255 e. The highest BCUT2D eigenvalue weighted by Gasteiger charge is 2.12. The quantitative estimate of drug-likeness (QED) is 0.898. The molecule has 0 aliphatic carbocycles. The lowest BCUT2D eigenvalue weighted by molar-refractivity contribution is 0.0828. The molecule has 0 fully saturated rings. The van der Waals surface area contributed by atoms with Crippen molar-refractivity contribution in [3.63, 3.8) is 0 Å². The van der Waals surface area contributed by atoms with Crippen LogP contribution in [0.3, 0.4) is 0 Å². The first kappa shape index (κ1) is 12.1. The van der Waals surface area contributed by atoms with Crippen molar-refractivity contribution in [1.82, 2.24) is 9.88 Å². The minimum Gasteiger partial charge on any atom is -0.355 e. The van der Waals surface area contributed by atoms with E-state index < -0.39 is 0 Å². The Morgan fingerprint density at radius 3 is 2.44 bits per heavy atom. The lowest BCUT2D eigenvalue weighted by Crippen LogP contribution is -2.22. The zero-order valence-corrected chi connectivity index (χ0v) is 10.4. The molecule has 0 atom stereocenters. The second-order valence-electron chi connectivity index (χ2n) is 4.11. The molecule has 4 nitrogen and oxygen atoms in total. The fraction of sp³-hybridized carbons (Fsp3) is 0.143. The van der Waals surface area contributed by atoms with Crippen molar-refractivity contribution in [2.75, 3.05) is 19.4 Å². The Bertz CT molecular complexity index is 538. The summed E-state index contributed by atoms with van der Waals surface area (Å²) in [6.45, 7) is 0. The first-order valence-electron chi connectivity index (χ1n) is 5.66. The molecule has 0 bridgehead atoms. The molecule has 1 amide bonds. The third-order valence-corrected chi connectivity index (χ3v) is 2.52. The van der Waals surface area contributed by atoms with Gasteiger partial charge in [-0.15, -0.1) is 0 Å². The normalized spacial score (nSPS) is 9.89. The van der Waals surface area contributed by atoms with E-state index in [0.717, 1.165) is 11.4 Å². The molecule has 1 N–H and O–H groups in total. The van der Waals surface area contributed by atoms with Crippen molar-refractivity contribution in [1.29, 1.82) is 0 Å². The van der Waals surface area contributed by atoms with Crippen LogP contribution in [0.4, 0.5) is 11.4 Å². The number of nitrogens with one attached hydrogen (secondary N) is 1. The zero-order valence-electron chi connectivity index (χ0n) is 10.4. The summed E-state index contributed by atoms with van der Waals surface area (Å²) in [7, 11) is 3.48. The number of rotatable bonds is 3. The number of benzene rings is 1. The molecule has 0 radical (unpaired) electrons. The van der Waals surface area contributed by atoms with E-state index in [-0.39, 0.29) is 5.91 Å². The number of anilines is 2. The lowest BCUT2D eigenvalue weighted by atomic mass is 10.1. The maximum absolute atomic E-state index is 12.0. The van der Waals surface area contributed by atoms with Gasteiger partial charge in [-0.1, -0.05) is 12.1 Å². The van der Waals surface area contributed by atoms with Crippen LogP contribution < -0.4 is 5.32 Å². The summed E-state index contributed by atoms with van der Waals surface area (Å²) in [6.07, 6.45) is 3.41. The Balaban J connectivity index is 2.31. The Morgan fingerprint density at radius 2 is 1.78 bits per heavy atom. The lowest BCUT2D eigenvalue weighted by Gasteiger charge is -2.15. The van der Waals surface area contributed by atoms with Crippen molar-refractivity contribution in [3.8, 4) is 0 Å². The molecule has 0 aliphatic rings. The Morgan fingerprint density at radius 1 is 1.11 bits per heavy atom. The highest BCUT2D eigenvalue weighted by atomic mass is 16.2. The van der Waals surface area contributed by atoms with Crippen molar-refractivity contribution in [2.45, 2.75) is 0 Å². The number of pyridine rings is 1. The van der Waals surface area contributed by atoms with Crippen LogP contribution in [0.2, 0.25) is 0 Å². The third-order valence-electron chi connectivity index (χ3n) is 2.52. The van der Waals surface area contributed by atoms with E-state index in [2.05, 4.69) is 10.3 Å². The zero-order chi connectivity index (χ0) is 13.0. The van der Waals surface area contributed by atoms with Gasteiger partial charge in [0.05, 0.1) is 11.3 Å². The number of nitrogens with zero attached hydrogens (tertiary/aromatic N) is 2. The predicted octanol–water partition coefficient (Wildman–Crippen LogP) is 2.53. The summed E-state index contributed by atoms with van der Waals surface area (Å²) in [5.41, 5.74) is 2.35. The second-order valence-corrected chi connectivity index (χ2v) is 4.11. The van der Waals surface area contributed by atoms with Gasteiger partial charge >= 0.3 is 0 Å². The van der Waals surface area contributed by atoms with E-state index in [1.807, 2.05) is 36.4 Å².